The van der Waals surface area contributed by atoms with Gasteiger partial charge < -0.3 is 15.5 Å². The van der Waals surface area contributed by atoms with E-state index in [-0.39, 0.29) is 0 Å². The van der Waals surface area contributed by atoms with Crippen LogP contribution in [0.4, 0.5) is 23.5 Å². The first-order chi connectivity index (χ1) is 12.0. The Kier molecular flexibility index (Phi) is 7.19. The van der Waals surface area contributed by atoms with Gasteiger partial charge in [0.1, 0.15) is 0 Å². The van der Waals surface area contributed by atoms with E-state index < -0.39 is 0 Å². The molecule has 0 aliphatic carbocycles. The van der Waals surface area contributed by atoms with Crippen LogP contribution < -0.4 is 15.5 Å². The third-order valence-electron chi connectivity index (χ3n) is 3.09. The number of hydrogen-bond acceptors (Lipinski definition) is 10. The van der Waals surface area contributed by atoms with E-state index in [1.807, 2.05) is 39.2 Å². The molecule has 0 aliphatic heterocycles. The topological polar surface area (TPSA) is 105 Å². The molecule has 0 aliphatic rings. The van der Waals surface area contributed by atoms with Crippen molar-refractivity contribution < 1.29 is 14.6 Å². The summed E-state index contributed by atoms with van der Waals surface area (Å²) in [7, 11) is 3.73. The van der Waals surface area contributed by atoms with Gasteiger partial charge in [0.2, 0.25) is 17.8 Å². The van der Waals surface area contributed by atoms with E-state index in [0.717, 1.165) is 36.3 Å². The zero-order chi connectivity index (χ0) is 18.2. The predicted molar refractivity (Wildman–Crippen MR) is 98.1 cm³/mol. The molecule has 0 unspecified atom stereocenters. The van der Waals surface area contributed by atoms with E-state index in [1.54, 1.807) is 4.90 Å². The first kappa shape index (κ1) is 19.2. The fraction of sp³-hybridized carbons (Fsp3) is 0.400. The van der Waals surface area contributed by atoms with Crippen LogP contribution in [0, 0.1) is 6.92 Å². The number of nitrogens with zero attached hydrogens (tertiary/aromatic N) is 4. The Labute approximate surface area is 150 Å². The van der Waals surface area contributed by atoms with Crippen molar-refractivity contribution in [3.63, 3.8) is 0 Å². The predicted octanol–water partition coefficient (Wildman–Crippen LogP) is 3.24. The Morgan fingerprint density at radius 3 is 2.64 bits per heavy atom. The summed E-state index contributed by atoms with van der Waals surface area (Å²) in [5.41, 5.74) is 1.77. The number of hydrogen-bond donors (Lipinski definition) is 3. The van der Waals surface area contributed by atoms with Gasteiger partial charge in [-0.25, -0.2) is 5.26 Å². The number of benzene rings is 1. The normalized spacial score (nSPS) is 10.6. The van der Waals surface area contributed by atoms with Crippen LogP contribution in [-0.4, -0.2) is 40.8 Å². The minimum absolute atomic E-state index is 0.398. The Balaban J connectivity index is 2.32. The lowest BCUT2D eigenvalue weighted by Gasteiger charge is -2.15. The van der Waals surface area contributed by atoms with Gasteiger partial charge in [-0.1, -0.05) is 18.0 Å². The minimum atomic E-state index is 0.398. The van der Waals surface area contributed by atoms with E-state index in [2.05, 4.69) is 41.9 Å². The largest absolute Gasteiger partial charge is 0.354 e. The van der Waals surface area contributed by atoms with Gasteiger partial charge in [-0.3, -0.25) is 0 Å². The highest BCUT2D eigenvalue weighted by molar-refractivity contribution is 7.94. The van der Waals surface area contributed by atoms with Crippen LogP contribution in [0.2, 0.25) is 0 Å². The zero-order valence-corrected chi connectivity index (χ0v) is 15.4. The van der Waals surface area contributed by atoms with E-state index in [1.165, 1.54) is 0 Å². The molecule has 0 radical (unpaired) electrons. The Morgan fingerprint density at radius 2 is 1.96 bits per heavy atom. The molecule has 2 aromatic rings. The van der Waals surface area contributed by atoms with Crippen LogP contribution in [-0.2, 0) is 9.37 Å². The third kappa shape index (κ3) is 5.71. The lowest BCUT2D eigenvalue weighted by molar-refractivity contribution is -0.432. The van der Waals surface area contributed by atoms with Crippen molar-refractivity contribution in [1.82, 2.24) is 15.0 Å². The third-order valence-corrected chi connectivity index (χ3v) is 3.76. The number of aryl methyl sites for hydroxylation is 1. The summed E-state index contributed by atoms with van der Waals surface area (Å²) in [5.74, 6) is 1.43. The van der Waals surface area contributed by atoms with Crippen molar-refractivity contribution in [1.29, 1.82) is 0 Å². The Bertz CT molecular complexity index is 701. The van der Waals surface area contributed by atoms with Gasteiger partial charge in [0, 0.05) is 20.6 Å². The molecular formula is C15H22N6O3S. The summed E-state index contributed by atoms with van der Waals surface area (Å²) in [6, 6.07) is 5.67. The Hall–Kier alpha value is -2.14. The highest BCUT2D eigenvalue weighted by Crippen LogP contribution is 2.31. The summed E-state index contributed by atoms with van der Waals surface area (Å²) >= 11 is 0.872. The second kappa shape index (κ2) is 9.37. The number of nitrogens with one attached hydrogen (secondary N) is 2. The molecule has 25 heavy (non-hydrogen) atoms. The lowest BCUT2D eigenvalue weighted by Crippen LogP contribution is -2.16. The fourth-order valence-electron chi connectivity index (χ4n) is 1.92. The van der Waals surface area contributed by atoms with Crippen molar-refractivity contribution >= 4 is 35.6 Å². The fourth-order valence-corrected chi connectivity index (χ4v) is 2.35. The smallest absolute Gasteiger partial charge is 0.233 e. The zero-order valence-electron chi connectivity index (χ0n) is 14.6. The SMILES string of the molecule is CCCNc1nc(Nc2cc(C)ccc2SOOO)nc(N(C)C)n1. The molecule has 3 N–H and O–H groups in total. The van der Waals surface area contributed by atoms with Crippen LogP contribution in [0.5, 0.6) is 0 Å². The van der Waals surface area contributed by atoms with Gasteiger partial charge in [-0.2, -0.15) is 15.0 Å². The van der Waals surface area contributed by atoms with Crippen molar-refractivity contribution in [3.8, 4) is 0 Å². The molecule has 0 spiro atoms. The van der Waals surface area contributed by atoms with E-state index in [9.17, 15) is 0 Å². The monoisotopic (exact) mass is 366 g/mol. The van der Waals surface area contributed by atoms with E-state index in [0.29, 0.717) is 22.7 Å². The molecule has 0 amide bonds. The van der Waals surface area contributed by atoms with Gasteiger partial charge in [0.05, 0.1) is 22.6 Å². The summed E-state index contributed by atoms with van der Waals surface area (Å²) in [4.78, 5) is 15.7. The maximum absolute atomic E-state index is 8.37. The Morgan fingerprint density at radius 1 is 1.20 bits per heavy atom. The highest BCUT2D eigenvalue weighted by Gasteiger charge is 2.11. The molecule has 2 rings (SSSR count). The summed E-state index contributed by atoms with van der Waals surface area (Å²) < 4.78 is 4.54. The molecule has 9 nitrogen and oxygen atoms in total. The maximum atomic E-state index is 8.37. The van der Waals surface area contributed by atoms with Crippen LogP contribution >= 0.6 is 12.0 Å². The molecule has 0 fully saturated rings. The van der Waals surface area contributed by atoms with Crippen molar-refractivity contribution in [2.45, 2.75) is 25.2 Å². The lowest BCUT2D eigenvalue weighted by atomic mass is 10.2. The molecular weight excluding hydrogens is 344 g/mol. The quantitative estimate of drug-likeness (QED) is 0.348. The summed E-state index contributed by atoms with van der Waals surface area (Å²) in [6.45, 7) is 4.80. The molecule has 1 aromatic heterocycles. The maximum Gasteiger partial charge on any atom is 0.233 e. The van der Waals surface area contributed by atoms with Crippen molar-refractivity contribution in [3.05, 3.63) is 23.8 Å². The number of rotatable bonds is 9. The molecule has 0 atom stereocenters. The second-order valence-electron chi connectivity index (χ2n) is 5.45. The van der Waals surface area contributed by atoms with E-state index in [4.69, 9.17) is 5.26 Å². The molecule has 10 heteroatoms. The van der Waals surface area contributed by atoms with Gasteiger partial charge >= 0.3 is 0 Å². The first-order valence-corrected chi connectivity index (χ1v) is 8.47. The molecule has 0 saturated heterocycles. The standard InChI is InChI=1S/C15H22N6O3S/c1-5-8-16-13-18-14(20-15(19-13)21(3)4)17-11-9-10(2)6-7-12(11)25-24-23-22/h6-7,9,22H,5,8H2,1-4H3,(H2,16,17,18,19,20). The van der Waals surface area contributed by atoms with Gasteiger partial charge in [-0.05, 0) is 31.0 Å². The highest BCUT2D eigenvalue weighted by atomic mass is 32.2. The minimum Gasteiger partial charge on any atom is -0.354 e. The van der Waals surface area contributed by atoms with Crippen LogP contribution in [0.1, 0.15) is 18.9 Å². The number of aromatic nitrogens is 3. The molecule has 1 aromatic carbocycles. The van der Waals surface area contributed by atoms with Crippen molar-refractivity contribution in [2.75, 3.05) is 36.2 Å². The van der Waals surface area contributed by atoms with Crippen LogP contribution in [0.15, 0.2) is 23.1 Å². The average molecular weight is 366 g/mol. The van der Waals surface area contributed by atoms with Gasteiger partial charge in [-0.15, -0.1) is 4.33 Å². The molecule has 1 heterocycles. The van der Waals surface area contributed by atoms with Crippen LogP contribution in [0.25, 0.3) is 0 Å². The molecule has 0 saturated carbocycles. The van der Waals surface area contributed by atoms with Crippen LogP contribution in [0.3, 0.4) is 0 Å². The summed E-state index contributed by atoms with van der Waals surface area (Å²) in [5, 5.41) is 18.4. The van der Waals surface area contributed by atoms with Gasteiger partial charge in [0.25, 0.3) is 0 Å². The first-order valence-electron chi connectivity index (χ1n) is 7.73. The van der Waals surface area contributed by atoms with E-state index >= 15 is 0 Å². The summed E-state index contributed by atoms with van der Waals surface area (Å²) in [6.07, 6.45) is 0.961. The second-order valence-corrected chi connectivity index (χ2v) is 6.20. The van der Waals surface area contributed by atoms with Gasteiger partial charge in [0.15, 0.2) is 0 Å². The average Bonchev–Trinajstić information content (AvgIpc) is 2.59. The number of anilines is 4. The molecule has 0 bridgehead atoms. The van der Waals surface area contributed by atoms with Crippen molar-refractivity contribution in [2.24, 2.45) is 0 Å². The molecule has 136 valence electrons.